The van der Waals surface area contributed by atoms with Gasteiger partial charge in [0.25, 0.3) is 5.91 Å². The lowest BCUT2D eigenvalue weighted by atomic mass is 10.2. The molecule has 0 radical (unpaired) electrons. The van der Waals surface area contributed by atoms with E-state index in [9.17, 15) is 4.79 Å². The Kier molecular flexibility index (Phi) is 3.85. The van der Waals surface area contributed by atoms with Crippen LogP contribution in [0.4, 0.5) is 5.69 Å². The number of aromatic nitrogens is 4. The third-order valence-electron chi connectivity index (χ3n) is 4.01. The van der Waals surface area contributed by atoms with E-state index in [4.69, 9.17) is 0 Å². The Hall–Kier alpha value is -2.93. The second kappa shape index (κ2) is 6.18. The summed E-state index contributed by atoms with van der Waals surface area (Å²) in [5.74, 6) is -0.285. The number of carbonyl (C=O) groups excluding carboxylic acids is 1. The van der Waals surface area contributed by atoms with Gasteiger partial charge in [-0.05, 0) is 43.3 Å². The van der Waals surface area contributed by atoms with E-state index in [2.05, 4.69) is 36.5 Å². The third-order valence-corrected chi connectivity index (χ3v) is 4.50. The number of benzene rings is 2. The van der Waals surface area contributed by atoms with E-state index in [1.54, 1.807) is 4.68 Å². The Bertz CT molecular complexity index is 1080. The summed E-state index contributed by atoms with van der Waals surface area (Å²) in [6, 6.07) is 15.3. The summed E-state index contributed by atoms with van der Waals surface area (Å²) in [6.07, 6.45) is 1.84. The molecule has 124 valence electrons. The van der Waals surface area contributed by atoms with E-state index < -0.39 is 0 Å². The molecule has 0 spiro atoms. The Morgan fingerprint density at radius 3 is 2.88 bits per heavy atom. The molecule has 2 aromatic carbocycles. The fraction of sp³-hybridized carbons (Fsp3) is 0.0556. The van der Waals surface area contributed by atoms with E-state index >= 15 is 0 Å². The summed E-state index contributed by atoms with van der Waals surface area (Å²) in [4.78, 5) is 15.8. The van der Waals surface area contributed by atoms with Crippen LogP contribution in [0.5, 0.6) is 0 Å². The number of H-pyrrole nitrogens is 1. The zero-order valence-corrected chi connectivity index (χ0v) is 14.9. The number of carbonyl (C=O) groups is 1. The van der Waals surface area contributed by atoms with E-state index in [0.29, 0.717) is 11.4 Å². The first-order valence-electron chi connectivity index (χ1n) is 7.69. The first-order valence-corrected chi connectivity index (χ1v) is 8.48. The summed E-state index contributed by atoms with van der Waals surface area (Å²) in [7, 11) is 0. The number of anilines is 1. The van der Waals surface area contributed by atoms with Gasteiger partial charge < -0.3 is 10.3 Å². The molecule has 4 rings (SSSR count). The Morgan fingerprint density at radius 2 is 2.04 bits per heavy atom. The topological polar surface area (TPSA) is 75.6 Å². The maximum absolute atomic E-state index is 12.7. The number of hydrogen-bond acceptors (Lipinski definition) is 3. The van der Waals surface area contributed by atoms with Crippen molar-refractivity contribution in [1.82, 2.24) is 20.0 Å². The van der Waals surface area contributed by atoms with Crippen molar-refractivity contribution in [1.29, 1.82) is 0 Å². The molecular formula is C18H14BrN5O. The quantitative estimate of drug-likeness (QED) is 0.548. The molecule has 4 aromatic rings. The molecule has 0 aliphatic rings. The van der Waals surface area contributed by atoms with E-state index in [-0.39, 0.29) is 5.91 Å². The average molecular weight is 396 g/mol. The van der Waals surface area contributed by atoms with Crippen molar-refractivity contribution in [2.24, 2.45) is 0 Å². The summed E-state index contributed by atoms with van der Waals surface area (Å²) < 4.78 is 2.58. The van der Waals surface area contributed by atoms with Crippen molar-refractivity contribution in [3.63, 3.8) is 0 Å². The normalized spacial score (nSPS) is 11.0. The molecule has 0 aliphatic carbocycles. The van der Waals surface area contributed by atoms with Crippen LogP contribution in [-0.2, 0) is 0 Å². The van der Waals surface area contributed by atoms with Gasteiger partial charge in [0.1, 0.15) is 0 Å². The number of fused-ring (bicyclic) bond motifs is 1. The maximum Gasteiger partial charge on any atom is 0.278 e. The van der Waals surface area contributed by atoms with Gasteiger partial charge >= 0.3 is 0 Å². The van der Waals surface area contributed by atoms with Crippen LogP contribution in [0, 0.1) is 6.92 Å². The summed E-state index contributed by atoms with van der Waals surface area (Å²) in [5, 5.41) is 12.1. The molecule has 0 unspecified atom stereocenters. The van der Waals surface area contributed by atoms with Crippen molar-refractivity contribution < 1.29 is 4.79 Å². The van der Waals surface area contributed by atoms with Gasteiger partial charge in [-0.1, -0.05) is 33.3 Å². The van der Waals surface area contributed by atoms with E-state index in [0.717, 1.165) is 26.8 Å². The largest absolute Gasteiger partial charge is 0.361 e. The molecule has 6 nitrogen and oxygen atoms in total. The van der Waals surface area contributed by atoms with Gasteiger partial charge in [0.05, 0.1) is 17.1 Å². The molecule has 2 aromatic heterocycles. The predicted molar refractivity (Wildman–Crippen MR) is 100 cm³/mol. The predicted octanol–water partition coefficient (Wildman–Crippen LogP) is 4.07. The van der Waals surface area contributed by atoms with Crippen molar-refractivity contribution in [2.45, 2.75) is 6.92 Å². The lowest BCUT2D eigenvalue weighted by Gasteiger charge is -2.06. The van der Waals surface area contributed by atoms with Crippen molar-refractivity contribution in [3.8, 4) is 5.69 Å². The lowest BCUT2D eigenvalue weighted by Crippen LogP contribution is -2.14. The van der Waals surface area contributed by atoms with E-state index in [1.165, 1.54) is 0 Å². The van der Waals surface area contributed by atoms with Crippen LogP contribution in [0.3, 0.4) is 0 Å². The number of rotatable bonds is 3. The molecule has 7 heteroatoms. The molecule has 0 saturated heterocycles. The highest BCUT2D eigenvalue weighted by Crippen LogP contribution is 2.23. The molecule has 0 aliphatic heterocycles. The molecule has 1 amide bonds. The number of amides is 1. The van der Waals surface area contributed by atoms with Crippen LogP contribution in [0.2, 0.25) is 0 Å². The minimum atomic E-state index is -0.285. The van der Waals surface area contributed by atoms with Gasteiger partial charge in [0.2, 0.25) is 0 Å². The highest BCUT2D eigenvalue weighted by atomic mass is 79.9. The molecule has 0 bridgehead atoms. The number of halogens is 1. The molecule has 2 heterocycles. The number of nitrogens with zero attached hydrogens (tertiary/aromatic N) is 3. The SMILES string of the molecule is Cc1c(C(=O)Nc2cccc3[nH]ccc23)nnn1-c1cccc(Br)c1. The Morgan fingerprint density at radius 1 is 1.20 bits per heavy atom. The van der Waals surface area contributed by atoms with Crippen molar-refractivity contribution in [3.05, 3.63) is 70.6 Å². The van der Waals surface area contributed by atoms with Gasteiger partial charge in [0.15, 0.2) is 5.69 Å². The van der Waals surface area contributed by atoms with Crippen LogP contribution in [0.15, 0.2) is 59.2 Å². The van der Waals surface area contributed by atoms with Gasteiger partial charge in [-0.3, -0.25) is 4.79 Å². The van der Waals surface area contributed by atoms with Crippen LogP contribution in [0.25, 0.3) is 16.6 Å². The van der Waals surface area contributed by atoms with Gasteiger partial charge in [0, 0.05) is 21.6 Å². The minimum absolute atomic E-state index is 0.285. The number of aromatic amines is 1. The van der Waals surface area contributed by atoms with Gasteiger partial charge in [-0.2, -0.15) is 0 Å². The highest BCUT2D eigenvalue weighted by Gasteiger charge is 2.18. The minimum Gasteiger partial charge on any atom is -0.361 e. The molecule has 0 fully saturated rings. The number of hydrogen-bond donors (Lipinski definition) is 2. The lowest BCUT2D eigenvalue weighted by molar-refractivity contribution is 0.102. The van der Waals surface area contributed by atoms with Crippen LogP contribution in [0.1, 0.15) is 16.2 Å². The van der Waals surface area contributed by atoms with Crippen LogP contribution < -0.4 is 5.32 Å². The monoisotopic (exact) mass is 395 g/mol. The molecule has 0 saturated carbocycles. The smallest absolute Gasteiger partial charge is 0.278 e. The first kappa shape index (κ1) is 15.6. The Balaban J connectivity index is 1.66. The fourth-order valence-electron chi connectivity index (χ4n) is 2.77. The molecular weight excluding hydrogens is 382 g/mol. The standard InChI is InChI=1S/C18H14BrN5O/c1-11-17(22-23-24(11)13-5-2-4-12(19)10-13)18(25)21-16-7-3-6-15-14(16)8-9-20-15/h2-10,20H,1H3,(H,21,25). The Labute approximate surface area is 152 Å². The van der Waals surface area contributed by atoms with Gasteiger partial charge in [-0.25, -0.2) is 4.68 Å². The maximum atomic E-state index is 12.7. The van der Waals surface area contributed by atoms with Crippen molar-refractivity contribution >= 4 is 38.4 Å². The van der Waals surface area contributed by atoms with Crippen LogP contribution >= 0.6 is 15.9 Å². The molecule has 25 heavy (non-hydrogen) atoms. The van der Waals surface area contributed by atoms with Crippen molar-refractivity contribution in [2.75, 3.05) is 5.32 Å². The molecule has 2 N–H and O–H groups in total. The molecule has 0 atom stereocenters. The third kappa shape index (κ3) is 2.83. The fourth-order valence-corrected chi connectivity index (χ4v) is 3.16. The summed E-state index contributed by atoms with van der Waals surface area (Å²) in [5.41, 5.74) is 3.52. The second-order valence-corrected chi connectivity index (χ2v) is 6.53. The average Bonchev–Trinajstić information content (AvgIpc) is 3.22. The van der Waals surface area contributed by atoms with Gasteiger partial charge in [-0.15, -0.1) is 5.10 Å². The van der Waals surface area contributed by atoms with E-state index in [1.807, 2.05) is 61.7 Å². The second-order valence-electron chi connectivity index (χ2n) is 5.61. The highest BCUT2D eigenvalue weighted by molar-refractivity contribution is 9.10. The zero-order valence-electron chi connectivity index (χ0n) is 13.3. The van der Waals surface area contributed by atoms with Crippen LogP contribution in [-0.4, -0.2) is 25.9 Å². The summed E-state index contributed by atoms with van der Waals surface area (Å²) in [6.45, 7) is 1.83. The zero-order chi connectivity index (χ0) is 17.4. The summed E-state index contributed by atoms with van der Waals surface area (Å²) >= 11 is 3.44. The number of nitrogens with one attached hydrogen (secondary N) is 2. The first-order chi connectivity index (χ1) is 12.1.